The maximum atomic E-state index is 11.8. The summed E-state index contributed by atoms with van der Waals surface area (Å²) in [7, 11) is 1.56. The average Bonchev–Trinajstić information content (AvgIpc) is 2.86. The van der Waals surface area contributed by atoms with Gasteiger partial charge in [0.05, 0.1) is 0 Å². The van der Waals surface area contributed by atoms with E-state index in [1.807, 2.05) is 6.92 Å². The Morgan fingerprint density at radius 3 is 2.94 bits per heavy atom. The first-order chi connectivity index (χ1) is 8.12. The third-order valence-electron chi connectivity index (χ3n) is 3.04. The lowest BCUT2D eigenvalue weighted by molar-refractivity contribution is -0.141. The number of methoxy groups -OCH3 is 1. The topological polar surface area (TPSA) is 67.0 Å². The molecule has 0 saturated heterocycles. The summed E-state index contributed by atoms with van der Waals surface area (Å²) >= 11 is 0. The van der Waals surface area contributed by atoms with E-state index in [1.165, 1.54) is 0 Å². The second kappa shape index (κ2) is 6.39. The summed E-state index contributed by atoms with van der Waals surface area (Å²) in [4.78, 5) is 19.0. The molecular weight excluding hydrogens is 218 g/mol. The Labute approximate surface area is 102 Å². The predicted octanol–water partition coefficient (Wildman–Crippen LogP) is 1.27. The fourth-order valence-electron chi connectivity index (χ4n) is 1.48. The SMILES string of the molecule is CCC(C)(OC)C(=O)NCCCc1ncc[nH]1. The van der Waals surface area contributed by atoms with Gasteiger partial charge in [-0.3, -0.25) is 4.79 Å². The third kappa shape index (κ3) is 3.85. The van der Waals surface area contributed by atoms with E-state index in [0.29, 0.717) is 13.0 Å². The second-order valence-corrected chi connectivity index (χ2v) is 4.18. The number of amides is 1. The smallest absolute Gasteiger partial charge is 0.251 e. The number of imidazole rings is 1. The first-order valence-corrected chi connectivity index (χ1v) is 5.94. The van der Waals surface area contributed by atoms with Gasteiger partial charge >= 0.3 is 0 Å². The van der Waals surface area contributed by atoms with Crippen molar-refractivity contribution in [3.63, 3.8) is 0 Å². The highest BCUT2D eigenvalue weighted by Crippen LogP contribution is 2.13. The molecule has 1 unspecified atom stereocenters. The Kier molecular flexibility index (Phi) is 5.15. The minimum Gasteiger partial charge on any atom is -0.369 e. The number of H-pyrrole nitrogens is 1. The van der Waals surface area contributed by atoms with Crippen molar-refractivity contribution >= 4 is 5.91 Å². The molecule has 1 amide bonds. The van der Waals surface area contributed by atoms with Gasteiger partial charge in [-0.15, -0.1) is 0 Å². The number of aryl methyl sites for hydroxylation is 1. The molecule has 0 bridgehead atoms. The van der Waals surface area contributed by atoms with Crippen LogP contribution in [0.5, 0.6) is 0 Å². The van der Waals surface area contributed by atoms with Crippen LogP contribution in [0.25, 0.3) is 0 Å². The number of nitrogens with one attached hydrogen (secondary N) is 2. The van der Waals surface area contributed by atoms with Crippen molar-refractivity contribution in [1.29, 1.82) is 0 Å². The fraction of sp³-hybridized carbons (Fsp3) is 0.667. The molecule has 5 heteroatoms. The van der Waals surface area contributed by atoms with Gasteiger partial charge in [-0.05, 0) is 19.8 Å². The van der Waals surface area contributed by atoms with Crippen molar-refractivity contribution in [2.45, 2.75) is 38.7 Å². The van der Waals surface area contributed by atoms with E-state index in [4.69, 9.17) is 4.74 Å². The third-order valence-corrected chi connectivity index (χ3v) is 3.04. The first-order valence-electron chi connectivity index (χ1n) is 5.94. The summed E-state index contributed by atoms with van der Waals surface area (Å²) in [5.41, 5.74) is -0.718. The highest BCUT2D eigenvalue weighted by atomic mass is 16.5. The van der Waals surface area contributed by atoms with Gasteiger partial charge in [-0.2, -0.15) is 0 Å². The van der Waals surface area contributed by atoms with Crippen LogP contribution in [-0.4, -0.2) is 35.1 Å². The Morgan fingerprint density at radius 2 is 2.41 bits per heavy atom. The van der Waals surface area contributed by atoms with Crippen molar-refractivity contribution in [3.05, 3.63) is 18.2 Å². The molecule has 0 saturated carbocycles. The standard InChI is InChI=1S/C12H21N3O2/c1-4-12(2,17-3)11(16)15-7-5-6-10-13-8-9-14-10/h8-9H,4-7H2,1-3H3,(H,13,14)(H,15,16). The lowest BCUT2D eigenvalue weighted by Crippen LogP contribution is -2.45. The molecule has 0 spiro atoms. The van der Waals surface area contributed by atoms with E-state index in [0.717, 1.165) is 18.7 Å². The summed E-state index contributed by atoms with van der Waals surface area (Å²) in [6, 6.07) is 0. The van der Waals surface area contributed by atoms with Crippen LogP contribution >= 0.6 is 0 Å². The van der Waals surface area contributed by atoms with E-state index >= 15 is 0 Å². The quantitative estimate of drug-likeness (QED) is 0.704. The highest BCUT2D eigenvalue weighted by Gasteiger charge is 2.30. The largest absolute Gasteiger partial charge is 0.369 e. The molecule has 1 aromatic heterocycles. The summed E-state index contributed by atoms with van der Waals surface area (Å²) in [5.74, 6) is 0.895. The van der Waals surface area contributed by atoms with Crippen molar-refractivity contribution < 1.29 is 9.53 Å². The van der Waals surface area contributed by atoms with Crippen molar-refractivity contribution in [2.24, 2.45) is 0 Å². The van der Waals surface area contributed by atoms with E-state index < -0.39 is 5.60 Å². The Morgan fingerprint density at radius 1 is 1.65 bits per heavy atom. The molecule has 0 fully saturated rings. The fourth-order valence-corrected chi connectivity index (χ4v) is 1.48. The average molecular weight is 239 g/mol. The molecule has 2 N–H and O–H groups in total. The summed E-state index contributed by atoms with van der Waals surface area (Å²) in [6.45, 7) is 4.37. The van der Waals surface area contributed by atoms with Gasteiger partial charge in [0.1, 0.15) is 11.4 Å². The number of rotatable bonds is 7. The van der Waals surface area contributed by atoms with E-state index in [9.17, 15) is 4.79 Å². The molecular formula is C12H21N3O2. The van der Waals surface area contributed by atoms with Gasteiger partial charge < -0.3 is 15.0 Å². The lowest BCUT2D eigenvalue weighted by atomic mass is 10.0. The van der Waals surface area contributed by atoms with Crippen LogP contribution < -0.4 is 5.32 Å². The van der Waals surface area contributed by atoms with E-state index in [1.54, 1.807) is 26.4 Å². The number of carbonyl (C=O) groups excluding carboxylic acids is 1. The van der Waals surface area contributed by atoms with Crippen LogP contribution in [0, 0.1) is 0 Å². The molecule has 96 valence electrons. The Hall–Kier alpha value is -1.36. The molecule has 17 heavy (non-hydrogen) atoms. The molecule has 5 nitrogen and oxygen atoms in total. The number of hydrogen-bond acceptors (Lipinski definition) is 3. The van der Waals surface area contributed by atoms with Crippen molar-refractivity contribution in [2.75, 3.05) is 13.7 Å². The summed E-state index contributed by atoms with van der Waals surface area (Å²) in [5, 5.41) is 2.88. The minimum atomic E-state index is -0.718. The first kappa shape index (κ1) is 13.7. The molecule has 1 atom stereocenters. The molecule has 0 aliphatic heterocycles. The zero-order chi connectivity index (χ0) is 12.7. The maximum Gasteiger partial charge on any atom is 0.251 e. The lowest BCUT2D eigenvalue weighted by Gasteiger charge is -2.25. The number of nitrogens with zero attached hydrogens (tertiary/aromatic N) is 1. The molecule has 0 aliphatic carbocycles. The molecule has 0 radical (unpaired) electrons. The molecule has 0 aromatic carbocycles. The van der Waals surface area contributed by atoms with Gasteiger partial charge in [0.25, 0.3) is 5.91 Å². The second-order valence-electron chi connectivity index (χ2n) is 4.18. The van der Waals surface area contributed by atoms with Crippen LogP contribution in [0.2, 0.25) is 0 Å². The van der Waals surface area contributed by atoms with Crippen molar-refractivity contribution in [1.82, 2.24) is 15.3 Å². The maximum absolute atomic E-state index is 11.8. The number of aromatic amines is 1. The number of hydrogen-bond donors (Lipinski definition) is 2. The number of aromatic nitrogens is 2. The Balaban J connectivity index is 2.24. The van der Waals surface area contributed by atoms with Gasteiger partial charge in [-0.1, -0.05) is 6.92 Å². The monoisotopic (exact) mass is 239 g/mol. The zero-order valence-corrected chi connectivity index (χ0v) is 10.7. The molecule has 1 heterocycles. The zero-order valence-electron chi connectivity index (χ0n) is 10.7. The van der Waals surface area contributed by atoms with Crippen molar-refractivity contribution in [3.8, 4) is 0 Å². The summed E-state index contributed by atoms with van der Waals surface area (Å²) < 4.78 is 5.22. The van der Waals surface area contributed by atoms with Crippen LogP contribution in [-0.2, 0) is 16.0 Å². The molecule has 1 rings (SSSR count). The van der Waals surface area contributed by atoms with Gasteiger partial charge in [0.15, 0.2) is 0 Å². The van der Waals surface area contributed by atoms with Crippen LogP contribution in [0.1, 0.15) is 32.5 Å². The van der Waals surface area contributed by atoms with Gasteiger partial charge in [0.2, 0.25) is 0 Å². The van der Waals surface area contributed by atoms with E-state index in [-0.39, 0.29) is 5.91 Å². The molecule has 0 aliphatic rings. The van der Waals surface area contributed by atoms with Crippen LogP contribution in [0.4, 0.5) is 0 Å². The minimum absolute atomic E-state index is 0.0538. The highest BCUT2D eigenvalue weighted by molar-refractivity contribution is 5.84. The number of carbonyl (C=O) groups is 1. The van der Waals surface area contributed by atoms with E-state index in [2.05, 4.69) is 15.3 Å². The van der Waals surface area contributed by atoms with Crippen LogP contribution in [0.15, 0.2) is 12.4 Å². The van der Waals surface area contributed by atoms with Gasteiger partial charge in [-0.25, -0.2) is 4.98 Å². The Bertz CT molecular complexity index is 332. The normalized spacial score (nSPS) is 14.3. The number of ether oxygens (including phenoxy) is 1. The predicted molar refractivity (Wildman–Crippen MR) is 65.6 cm³/mol. The van der Waals surface area contributed by atoms with Crippen LogP contribution in [0.3, 0.4) is 0 Å². The molecule has 1 aromatic rings. The summed E-state index contributed by atoms with van der Waals surface area (Å²) in [6.07, 6.45) is 5.89. The van der Waals surface area contributed by atoms with Gasteiger partial charge in [0, 0.05) is 32.5 Å².